The van der Waals surface area contributed by atoms with E-state index in [4.69, 9.17) is 13.7 Å². The molecular weight excluding hydrogens is 244 g/mol. The Bertz CT molecular complexity index is 424. The number of ether oxygens (including phenoxy) is 2. The normalized spacial score (nSPS) is 13.9. The summed E-state index contributed by atoms with van der Waals surface area (Å²) in [7, 11) is -0.945. The second kappa shape index (κ2) is 6.11. The average molecular weight is 260 g/mol. The van der Waals surface area contributed by atoms with Gasteiger partial charge >= 0.3 is 0 Å². The monoisotopic (exact) mass is 260 g/mol. The molecule has 1 unspecified atom stereocenters. The number of hydrogen-bond acceptors (Lipinski definition) is 5. The molecule has 1 aromatic rings. The van der Waals surface area contributed by atoms with Crippen LogP contribution >= 0.6 is 0 Å². The van der Waals surface area contributed by atoms with Crippen molar-refractivity contribution in [3.63, 3.8) is 0 Å². The van der Waals surface area contributed by atoms with E-state index >= 15 is 0 Å². The molecule has 1 aromatic carbocycles. The van der Waals surface area contributed by atoms with Crippen molar-refractivity contribution in [1.29, 1.82) is 0 Å². The molecule has 0 spiro atoms. The highest BCUT2D eigenvalue weighted by molar-refractivity contribution is 7.86. The van der Waals surface area contributed by atoms with Gasteiger partial charge in [-0.3, -0.25) is 4.18 Å². The first kappa shape index (κ1) is 14.1. The van der Waals surface area contributed by atoms with Crippen LogP contribution in [0.5, 0.6) is 0 Å². The van der Waals surface area contributed by atoms with Crippen LogP contribution in [0, 0.1) is 0 Å². The Kier molecular flexibility index (Phi) is 5.07. The SMILES string of the molecule is COC(OC)C(C)OS(=O)(=O)c1ccccc1. The molecular formula is C11H16O5S. The second-order valence-electron chi connectivity index (χ2n) is 3.41. The van der Waals surface area contributed by atoms with Crippen LogP contribution in [0.1, 0.15) is 6.92 Å². The van der Waals surface area contributed by atoms with Gasteiger partial charge in [-0.1, -0.05) is 18.2 Å². The van der Waals surface area contributed by atoms with Gasteiger partial charge in [-0.2, -0.15) is 8.42 Å². The van der Waals surface area contributed by atoms with Crippen molar-refractivity contribution < 1.29 is 22.1 Å². The van der Waals surface area contributed by atoms with E-state index in [1.54, 1.807) is 25.1 Å². The summed E-state index contributed by atoms with van der Waals surface area (Å²) in [6.45, 7) is 1.57. The van der Waals surface area contributed by atoms with Gasteiger partial charge in [-0.15, -0.1) is 0 Å². The summed E-state index contributed by atoms with van der Waals surface area (Å²) in [5.74, 6) is 0. The Hall–Kier alpha value is -0.950. The predicted octanol–water partition coefficient (Wildman–Crippen LogP) is 1.40. The maximum absolute atomic E-state index is 11.8. The summed E-state index contributed by atoms with van der Waals surface area (Å²) in [6.07, 6.45) is -1.45. The van der Waals surface area contributed by atoms with Gasteiger partial charge < -0.3 is 9.47 Å². The van der Waals surface area contributed by atoms with E-state index in [1.165, 1.54) is 26.4 Å². The summed E-state index contributed by atoms with van der Waals surface area (Å²) in [6, 6.07) is 7.93. The highest BCUT2D eigenvalue weighted by Crippen LogP contribution is 2.16. The summed E-state index contributed by atoms with van der Waals surface area (Å²) in [5.41, 5.74) is 0. The van der Waals surface area contributed by atoms with Crippen molar-refractivity contribution in [2.45, 2.75) is 24.2 Å². The van der Waals surface area contributed by atoms with E-state index in [9.17, 15) is 8.42 Å². The third-order valence-corrected chi connectivity index (χ3v) is 3.56. The molecule has 0 aliphatic heterocycles. The predicted molar refractivity (Wildman–Crippen MR) is 62.0 cm³/mol. The molecule has 0 saturated carbocycles. The van der Waals surface area contributed by atoms with Crippen LogP contribution in [0.15, 0.2) is 35.2 Å². The first-order chi connectivity index (χ1) is 8.01. The van der Waals surface area contributed by atoms with Crippen molar-refractivity contribution in [2.75, 3.05) is 14.2 Å². The lowest BCUT2D eigenvalue weighted by molar-refractivity contribution is -0.150. The van der Waals surface area contributed by atoms with E-state index in [0.29, 0.717) is 0 Å². The number of hydrogen-bond donors (Lipinski definition) is 0. The molecule has 0 radical (unpaired) electrons. The van der Waals surface area contributed by atoms with Gasteiger partial charge in [-0.05, 0) is 19.1 Å². The molecule has 0 bridgehead atoms. The van der Waals surface area contributed by atoms with Gasteiger partial charge in [0.1, 0.15) is 6.10 Å². The first-order valence-electron chi connectivity index (χ1n) is 5.05. The second-order valence-corrected chi connectivity index (χ2v) is 4.98. The Labute approximate surface area is 101 Å². The maximum Gasteiger partial charge on any atom is 0.297 e. The lowest BCUT2D eigenvalue weighted by Gasteiger charge is -2.20. The minimum atomic E-state index is -3.78. The van der Waals surface area contributed by atoms with E-state index in [2.05, 4.69) is 0 Å². The molecule has 0 fully saturated rings. The summed E-state index contributed by atoms with van der Waals surface area (Å²) in [5, 5.41) is 0. The Morgan fingerprint density at radius 1 is 1.06 bits per heavy atom. The summed E-state index contributed by atoms with van der Waals surface area (Å²) >= 11 is 0. The van der Waals surface area contributed by atoms with E-state index in [0.717, 1.165) is 0 Å². The highest BCUT2D eigenvalue weighted by atomic mass is 32.2. The maximum atomic E-state index is 11.8. The molecule has 0 heterocycles. The summed E-state index contributed by atoms with van der Waals surface area (Å²) < 4.78 is 38.5. The molecule has 1 rings (SSSR count). The zero-order valence-corrected chi connectivity index (χ0v) is 10.8. The molecule has 0 N–H and O–H groups in total. The van der Waals surface area contributed by atoms with Crippen LogP contribution in [0.25, 0.3) is 0 Å². The van der Waals surface area contributed by atoms with Crippen molar-refractivity contribution >= 4 is 10.1 Å². The van der Waals surface area contributed by atoms with Crippen LogP contribution in [0.2, 0.25) is 0 Å². The fraction of sp³-hybridized carbons (Fsp3) is 0.455. The molecule has 6 heteroatoms. The molecule has 0 saturated heterocycles. The molecule has 0 aromatic heterocycles. The van der Waals surface area contributed by atoms with Crippen LogP contribution in [-0.2, 0) is 23.8 Å². The number of methoxy groups -OCH3 is 2. The number of benzene rings is 1. The molecule has 1 atom stereocenters. The smallest absolute Gasteiger partial charge is 0.297 e. The lowest BCUT2D eigenvalue weighted by atomic mass is 10.4. The van der Waals surface area contributed by atoms with Crippen molar-refractivity contribution in [3.05, 3.63) is 30.3 Å². The minimum Gasteiger partial charge on any atom is -0.353 e. The van der Waals surface area contributed by atoms with Crippen LogP contribution < -0.4 is 0 Å². The average Bonchev–Trinajstić information content (AvgIpc) is 2.31. The molecule has 5 nitrogen and oxygen atoms in total. The standard InChI is InChI=1S/C11H16O5S/c1-9(11(14-2)15-3)16-17(12,13)10-7-5-4-6-8-10/h4-9,11H,1-3H3. The topological polar surface area (TPSA) is 61.8 Å². The van der Waals surface area contributed by atoms with Crippen molar-refractivity contribution in [3.8, 4) is 0 Å². The van der Waals surface area contributed by atoms with Gasteiger partial charge in [0, 0.05) is 14.2 Å². The Morgan fingerprint density at radius 3 is 2.06 bits per heavy atom. The zero-order chi connectivity index (χ0) is 12.9. The number of rotatable bonds is 6. The van der Waals surface area contributed by atoms with Crippen LogP contribution in [0.4, 0.5) is 0 Å². The first-order valence-corrected chi connectivity index (χ1v) is 6.46. The van der Waals surface area contributed by atoms with Crippen molar-refractivity contribution in [1.82, 2.24) is 0 Å². The van der Waals surface area contributed by atoms with Crippen LogP contribution in [-0.4, -0.2) is 35.0 Å². The van der Waals surface area contributed by atoms with Gasteiger partial charge in [-0.25, -0.2) is 0 Å². The third-order valence-electron chi connectivity index (χ3n) is 2.16. The molecule has 0 amide bonds. The fourth-order valence-electron chi connectivity index (χ4n) is 1.37. The van der Waals surface area contributed by atoms with Gasteiger partial charge in [0.25, 0.3) is 10.1 Å². The minimum absolute atomic E-state index is 0.109. The largest absolute Gasteiger partial charge is 0.353 e. The van der Waals surface area contributed by atoms with Gasteiger partial charge in [0.05, 0.1) is 4.90 Å². The molecule has 0 aliphatic rings. The Morgan fingerprint density at radius 2 is 1.59 bits per heavy atom. The van der Waals surface area contributed by atoms with Gasteiger partial charge in [0.15, 0.2) is 6.29 Å². The Balaban J connectivity index is 2.81. The third kappa shape index (κ3) is 3.78. The summed E-state index contributed by atoms with van der Waals surface area (Å²) in [4.78, 5) is 0.109. The van der Waals surface area contributed by atoms with Crippen LogP contribution in [0.3, 0.4) is 0 Å². The van der Waals surface area contributed by atoms with E-state index < -0.39 is 22.5 Å². The molecule has 96 valence electrons. The molecule has 17 heavy (non-hydrogen) atoms. The lowest BCUT2D eigenvalue weighted by Crippen LogP contribution is -2.31. The highest BCUT2D eigenvalue weighted by Gasteiger charge is 2.24. The van der Waals surface area contributed by atoms with Crippen molar-refractivity contribution in [2.24, 2.45) is 0 Å². The van der Waals surface area contributed by atoms with E-state index in [1.807, 2.05) is 0 Å². The van der Waals surface area contributed by atoms with Gasteiger partial charge in [0.2, 0.25) is 0 Å². The van der Waals surface area contributed by atoms with E-state index in [-0.39, 0.29) is 4.90 Å². The molecule has 0 aliphatic carbocycles. The zero-order valence-electron chi connectivity index (χ0n) is 9.99. The quantitative estimate of drug-likeness (QED) is 0.571. The fourth-order valence-corrected chi connectivity index (χ4v) is 2.46.